The van der Waals surface area contributed by atoms with Gasteiger partial charge < -0.3 is 14.8 Å². The zero-order valence-corrected chi connectivity index (χ0v) is 16.6. The molecule has 1 aromatic carbocycles. The zero-order chi connectivity index (χ0) is 19.4. The molecule has 0 amide bonds. The van der Waals surface area contributed by atoms with Crippen LogP contribution in [0.25, 0.3) is 11.1 Å². The fourth-order valence-corrected chi connectivity index (χ4v) is 4.01. The summed E-state index contributed by atoms with van der Waals surface area (Å²) in [5, 5.41) is 21.0. The highest BCUT2D eigenvalue weighted by Gasteiger charge is 2.16. The summed E-state index contributed by atoms with van der Waals surface area (Å²) in [5.74, 6) is -0.0349. The molecule has 5 nitrogen and oxygen atoms in total. The molecule has 0 aliphatic carbocycles. The lowest BCUT2D eigenvalue weighted by atomic mass is 10.0. The van der Waals surface area contributed by atoms with Gasteiger partial charge in [0.25, 0.3) is 0 Å². The predicted molar refractivity (Wildman–Crippen MR) is 108 cm³/mol. The minimum absolute atomic E-state index is 0.181. The molecule has 0 bridgehead atoms. The van der Waals surface area contributed by atoms with Crippen molar-refractivity contribution in [3.63, 3.8) is 0 Å². The molecule has 0 radical (unpaired) electrons. The van der Waals surface area contributed by atoms with Gasteiger partial charge in [-0.3, -0.25) is 0 Å². The number of thiophene rings is 1. The van der Waals surface area contributed by atoms with Gasteiger partial charge in [0.15, 0.2) is 0 Å². The SMILES string of the molecule is CCCCc1nc(CO)c(Cl)n1Cc1ccc(-c2ccsc2C(=O)O)cc1. The Morgan fingerprint density at radius 1 is 1.26 bits per heavy atom. The Kier molecular flexibility index (Phi) is 6.31. The number of aromatic carboxylic acids is 1. The molecule has 0 saturated heterocycles. The molecule has 0 aliphatic heterocycles. The number of hydrogen-bond donors (Lipinski definition) is 2. The first-order valence-electron chi connectivity index (χ1n) is 8.79. The van der Waals surface area contributed by atoms with Crippen LogP contribution in [0.3, 0.4) is 0 Å². The molecular weight excluding hydrogens is 384 g/mol. The van der Waals surface area contributed by atoms with Gasteiger partial charge in [-0.05, 0) is 29.0 Å². The Morgan fingerprint density at radius 3 is 2.63 bits per heavy atom. The first-order valence-corrected chi connectivity index (χ1v) is 10.1. The monoisotopic (exact) mass is 404 g/mol. The van der Waals surface area contributed by atoms with E-state index in [1.54, 1.807) is 5.38 Å². The molecule has 0 aliphatic rings. The summed E-state index contributed by atoms with van der Waals surface area (Å²) < 4.78 is 1.94. The number of aliphatic hydroxyl groups excluding tert-OH is 1. The van der Waals surface area contributed by atoms with Crippen molar-refractivity contribution in [1.29, 1.82) is 0 Å². The molecule has 0 unspecified atom stereocenters. The van der Waals surface area contributed by atoms with E-state index in [9.17, 15) is 15.0 Å². The van der Waals surface area contributed by atoms with Crippen LogP contribution in [0.5, 0.6) is 0 Å². The lowest BCUT2D eigenvalue weighted by Crippen LogP contribution is -2.05. The van der Waals surface area contributed by atoms with Crippen LogP contribution in [-0.4, -0.2) is 25.7 Å². The van der Waals surface area contributed by atoms with E-state index < -0.39 is 5.97 Å². The van der Waals surface area contributed by atoms with Crippen molar-refractivity contribution >= 4 is 28.9 Å². The maximum absolute atomic E-state index is 11.3. The average molecular weight is 405 g/mol. The van der Waals surface area contributed by atoms with E-state index in [0.29, 0.717) is 22.3 Å². The van der Waals surface area contributed by atoms with Crippen molar-refractivity contribution in [1.82, 2.24) is 9.55 Å². The number of rotatable bonds is 8. The van der Waals surface area contributed by atoms with E-state index >= 15 is 0 Å². The van der Waals surface area contributed by atoms with Gasteiger partial charge in [-0.2, -0.15) is 0 Å². The van der Waals surface area contributed by atoms with E-state index in [0.717, 1.165) is 41.8 Å². The summed E-state index contributed by atoms with van der Waals surface area (Å²) in [4.78, 5) is 16.1. The molecule has 2 heterocycles. The fourth-order valence-electron chi connectivity index (χ4n) is 2.99. The highest BCUT2D eigenvalue weighted by atomic mass is 35.5. The molecule has 0 fully saturated rings. The minimum atomic E-state index is -0.911. The summed E-state index contributed by atoms with van der Waals surface area (Å²) in [5.41, 5.74) is 3.14. The van der Waals surface area contributed by atoms with Crippen LogP contribution in [0.2, 0.25) is 5.15 Å². The van der Waals surface area contributed by atoms with Crippen LogP contribution in [0.4, 0.5) is 0 Å². The maximum atomic E-state index is 11.3. The molecule has 2 aromatic heterocycles. The third kappa shape index (κ3) is 4.24. The van der Waals surface area contributed by atoms with Crippen molar-refractivity contribution in [3.8, 4) is 11.1 Å². The van der Waals surface area contributed by atoms with Crippen molar-refractivity contribution < 1.29 is 15.0 Å². The molecule has 27 heavy (non-hydrogen) atoms. The fraction of sp³-hybridized carbons (Fsp3) is 0.300. The van der Waals surface area contributed by atoms with Crippen LogP contribution >= 0.6 is 22.9 Å². The summed E-state index contributed by atoms with van der Waals surface area (Å²) in [7, 11) is 0. The molecule has 0 saturated carbocycles. The van der Waals surface area contributed by atoms with E-state index in [1.165, 1.54) is 11.3 Å². The molecule has 3 rings (SSSR count). The van der Waals surface area contributed by atoms with Crippen LogP contribution < -0.4 is 0 Å². The Morgan fingerprint density at radius 2 is 2.00 bits per heavy atom. The highest BCUT2D eigenvalue weighted by Crippen LogP contribution is 2.29. The van der Waals surface area contributed by atoms with Gasteiger partial charge in [0, 0.05) is 12.0 Å². The lowest BCUT2D eigenvalue weighted by molar-refractivity contribution is 0.0703. The van der Waals surface area contributed by atoms with Crippen molar-refractivity contribution in [2.24, 2.45) is 0 Å². The number of unbranched alkanes of at least 4 members (excludes halogenated alkanes) is 1. The summed E-state index contributed by atoms with van der Waals surface area (Å²) in [6, 6.07) is 9.61. The Labute approximate surface area is 166 Å². The second-order valence-electron chi connectivity index (χ2n) is 6.28. The number of nitrogens with zero attached hydrogens (tertiary/aromatic N) is 2. The number of imidazole rings is 1. The molecule has 0 spiro atoms. The number of aliphatic hydroxyl groups is 1. The number of carbonyl (C=O) groups is 1. The van der Waals surface area contributed by atoms with Gasteiger partial charge >= 0.3 is 5.97 Å². The molecule has 7 heteroatoms. The number of aryl methyl sites for hydroxylation is 1. The molecule has 3 aromatic rings. The average Bonchev–Trinajstić information content (AvgIpc) is 3.27. The second kappa shape index (κ2) is 8.69. The first kappa shape index (κ1) is 19.6. The van der Waals surface area contributed by atoms with E-state index in [-0.39, 0.29) is 6.61 Å². The van der Waals surface area contributed by atoms with Crippen LogP contribution in [0.15, 0.2) is 35.7 Å². The summed E-state index contributed by atoms with van der Waals surface area (Å²) >= 11 is 7.63. The lowest BCUT2D eigenvalue weighted by Gasteiger charge is -2.10. The topological polar surface area (TPSA) is 75.4 Å². The number of halogens is 1. The zero-order valence-electron chi connectivity index (χ0n) is 15.0. The molecule has 2 N–H and O–H groups in total. The number of benzene rings is 1. The van der Waals surface area contributed by atoms with Gasteiger partial charge in [-0.25, -0.2) is 9.78 Å². The van der Waals surface area contributed by atoms with Gasteiger partial charge in [0.1, 0.15) is 21.5 Å². The summed E-state index contributed by atoms with van der Waals surface area (Å²) in [6.07, 6.45) is 2.87. The van der Waals surface area contributed by atoms with Crippen LogP contribution in [-0.2, 0) is 19.6 Å². The van der Waals surface area contributed by atoms with Crippen molar-refractivity contribution in [2.75, 3.05) is 0 Å². The first-order chi connectivity index (χ1) is 13.0. The van der Waals surface area contributed by atoms with E-state index in [4.69, 9.17) is 11.6 Å². The van der Waals surface area contributed by atoms with Crippen LogP contribution in [0.1, 0.15) is 46.5 Å². The van der Waals surface area contributed by atoms with E-state index in [2.05, 4.69) is 11.9 Å². The molecule has 142 valence electrons. The van der Waals surface area contributed by atoms with Crippen molar-refractivity contribution in [3.05, 3.63) is 62.8 Å². The Hall–Kier alpha value is -2.15. The van der Waals surface area contributed by atoms with Gasteiger partial charge in [-0.15, -0.1) is 11.3 Å². The summed E-state index contributed by atoms with van der Waals surface area (Å²) in [6.45, 7) is 2.50. The Bertz CT molecular complexity index is 931. The number of carboxylic acids is 1. The minimum Gasteiger partial charge on any atom is -0.477 e. The molecule has 0 atom stereocenters. The number of aromatic nitrogens is 2. The normalized spacial score (nSPS) is 11.1. The Balaban J connectivity index is 1.86. The van der Waals surface area contributed by atoms with Gasteiger partial charge in [0.05, 0.1) is 13.2 Å². The third-order valence-electron chi connectivity index (χ3n) is 4.42. The highest BCUT2D eigenvalue weighted by molar-refractivity contribution is 7.12. The number of carboxylic acid groups (broad SMARTS) is 1. The quantitative estimate of drug-likeness (QED) is 0.563. The number of hydrogen-bond acceptors (Lipinski definition) is 4. The largest absolute Gasteiger partial charge is 0.477 e. The third-order valence-corrected chi connectivity index (χ3v) is 5.74. The second-order valence-corrected chi connectivity index (χ2v) is 7.55. The van der Waals surface area contributed by atoms with Gasteiger partial charge in [0.2, 0.25) is 0 Å². The predicted octanol–water partition coefficient (Wildman–Crippen LogP) is 4.85. The van der Waals surface area contributed by atoms with Crippen molar-refractivity contribution in [2.45, 2.75) is 39.3 Å². The van der Waals surface area contributed by atoms with Crippen LogP contribution in [0, 0.1) is 0 Å². The smallest absolute Gasteiger partial charge is 0.346 e. The standard InChI is InChI=1S/C20H21ClN2O3S/c1-2-3-4-17-22-16(12-24)19(21)23(17)11-13-5-7-14(8-6-13)15-9-10-27-18(15)20(25)26/h5-10,24H,2-4,11-12H2,1H3,(H,25,26). The maximum Gasteiger partial charge on any atom is 0.346 e. The van der Waals surface area contributed by atoms with Gasteiger partial charge in [-0.1, -0.05) is 49.2 Å². The van der Waals surface area contributed by atoms with E-state index in [1.807, 2.05) is 34.9 Å². The molecular formula is C20H21ClN2O3S.